The molecule has 0 fully saturated rings. The molecule has 1 unspecified atom stereocenters. The largest absolute Gasteiger partial charge is 0.487 e. The Labute approximate surface area is 110 Å². The van der Waals surface area contributed by atoms with Crippen LogP contribution >= 0.6 is 0 Å². The highest BCUT2D eigenvalue weighted by Gasteiger charge is 2.22. The molecule has 0 bridgehead atoms. The third-order valence-electron chi connectivity index (χ3n) is 3.03. The number of anilines is 1. The van der Waals surface area contributed by atoms with E-state index in [2.05, 4.69) is 24.1 Å². The predicted molar refractivity (Wildman–Crippen MR) is 76.0 cm³/mol. The van der Waals surface area contributed by atoms with Crippen LogP contribution in [0.3, 0.4) is 0 Å². The van der Waals surface area contributed by atoms with Gasteiger partial charge in [0.15, 0.2) is 11.6 Å². The lowest BCUT2D eigenvalue weighted by atomic mass is 9.94. The second-order valence-electron chi connectivity index (χ2n) is 5.09. The van der Waals surface area contributed by atoms with Gasteiger partial charge in [0.05, 0.1) is 6.10 Å². The molecule has 102 valence electrons. The van der Waals surface area contributed by atoms with Crippen molar-refractivity contribution in [2.24, 2.45) is 5.73 Å². The van der Waals surface area contributed by atoms with Crippen molar-refractivity contribution >= 4 is 5.82 Å². The Morgan fingerprint density at radius 1 is 1.50 bits per heavy atom. The number of aromatic nitrogens is 1. The number of ether oxygens (including phenoxy) is 1. The first-order valence-electron chi connectivity index (χ1n) is 6.60. The number of hydrogen-bond acceptors (Lipinski definition) is 4. The van der Waals surface area contributed by atoms with E-state index in [0.29, 0.717) is 6.54 Å². The molecule has 1 heterocycles. The zero-order valence-corrected chi connectivity index (χ0v) is 11.9. The molecule has 3 N–H and O–H groups in total. The molecule has 1 aromatic rings. The molecular formula is C14H25N3O. The molecule has 4 nitrogen and oxygen atoms in total. The minimum Gasteiger partial charge on any atom is -0.487 e. The van der Waals surface area contributed by atoms with Crippen LogP contribution in [0.4, 0.5) is 5.82 Å². The summed E-state index contributed by atoms with van der Waals surface area (Å²) in [6, 6.07) is 3.82. The minimum atomic E-state index is -0.0435. The summed E-state index contributed by atoms with van der Waals surface area (Å²) < 4.78 is 5.76. The van der Waals surface area contributed by atoms with Crippen LogP contribution in [0, 0.1) is 0 Å². The first kappa shape index (κ1) is 14.8. The molecule has 1 aromatic heterocycles. The van der Waals surface area contributed by atoms with Crippen LogP contribution in [0.5, 0.6) is 5.75 Å². The highest BCUT2D eigenvalue weighted by Crippen LogP contribution is 2.27. The molecule has 4 heteroatoms. The van der Waals surface area contributed by atoms with Crippen molar-refractivity contribution in [2.75, 3.05) is 11.9 Å². The van der Waals surface area contributed by atoms with E-state index in [1.807, 2.05) is 26.0 Å². The second-order valence-corrected chi connectivity index (χ2v) is 5.09. The van der Waals surface area contributed by atoms with E-state index in [9.17, 15) is 0 Å². The van der Waals surface area contributed by atoms with Gasteiger partial charge >= 0.3 is 0 Å². The fourth-order valence-corrected chi connectivity index (χ4v) is 1.77. The van der Waals surface area contributed by atoms with Crippen molar-refractivity contribution in [3.05, 3.63) is 18.3 Å². The predicted octanol–water partition coefficient (Wildman–Crippen LogP) is 2.80. The summed E-state index contributed by atoms with van der Waals surface area (Å²) in [6.07, 6.45) is 3.80. The quantitative estimate of drug-likeness (QED) is 0.782. The van der Waals surface area contributed by atoms with Gasteiger partial charge in [-0.1, -0.05) is 6.92 Å². The molecule has 0 aliphatic rings. The van der Waals surface area contributed by atoms with Gasteiger partial charge in [-0.15, -0.1) is 0 Å². The van der Waals surface area contributed by atoms with Crippen LogP contribution < -0.4 is 15.8 Å². The van der Waals surface area contributed by atoms with Gasteiger partial charge in [0, 0.05) is 11.7 Å². The lowest BCUT2D eigenvalue weighted by Gasteiger charge is -2.30. The van der Waals surface area contributed by atoms with Crippen LogP contribution in [0.1, 0.15) is 40.5 Å². The van der Waals surface area contributed by atoms with Gasteiger partial charge in [0.25, 0.3) is 0 Å². The van der Waals surface area contributed by atoms with Crippen molar-refractivity contribution in [1.82, 2.24) is 4.98 Å². The zero-order chi connectivity index (χ0) is 13.6. The summed E-state index contributed by atoms with van der Waals surface area (Å²) >= 11 is 0. The third kappa shape index (κ3) is 4.18. The van der Waals surface area contributed by atoms with Crippen LogP contribution in [-0.4, -0.2) is 23.2 Å². The lowest BCUT2D eigenvalue weighted by molar-refractivity contribution is 0.242. The SMILES string of the molecule is CCC(C)(CCN)Nc1ncccc1OC(C)C. The molecule has 0 aliphatic heterocycles. The van der Waals surface area contributed by atoms with E-state index in [4.69, 9.17) is 10.5 Å². The molecular weight excluding hydrogens is 226 g/mol. The Bertz CT molecular complexity index is 368. The standard InChI is InChI=1S/C14H25N3O/c1-5-14(4,8-9-15)17-13-12(18-11(2)3)7-6-10-16-13/h6-7,10-11H,5,8-9,15H2,1-4H3,(H,16,17). The molecule has 0 aromatic carbocycles. The topological polar surface area (TPSA) is 60.2 Å². The monoisotopic (exact) mass is 251 g/mol. The molecule has 1 atom stereocenters. The van der Waals surface area contributed by atoms with Crippen molar-refractivity contribution in [2.45, 2.75) is 52.2 Å². The summed E-state index contributed by atoms with van der Waals surface area (Å²) in [5.74, 6) is 1.59. The van der Waals surface area contributed by atoms with Gasteiger partial charge in [0.1, 0.15) is 0 Å². The van der Waals surface area contributed by atoms with E-state index in [-0.39, 0.29) is 11.6 Å². The van der Waals surface area contributed by atoms with Gasteiger partial charge in [-0.2, -0.15) is 0 Å². The summed E-state index contributed by atoms with van der Waals surface area (Å²) in [5, 5.41) is 3.46. The van der Waals surface area contributed by atoms with E-state index < -0.39 is 0 Å². The lowest BCUT2D eigenvalue weighted by Crippen LogP contribution is -2.36. The number of pyridine rings is 1. The maximum absolute atomic E-state index is 5.76. The van der Waals surface area contributed by atoms with Gasteiger partial charge in [-0.05, 0) is 52.3 Å². The van der Waals surface area contributed by atoms with Crippen molar-refractivity contribution in [3.63, 3.8) is 0 Å². The van der Waals surface area contributed by atoms with E-state index in [0.717, 1.165) is 24.4 Å². The van der Waals surface area contributed by atoms with E-state index in [1.165, 1.54) is 0 Å². The fraction of sp³-hybridized carbons (Fsp3) is 0.643. The summed E-state index contributed by atoms with van der Waals surface area (Å²) in [5.41, 5.74) is 5.63. The first-order chi connectivity index (χ1) is 8.50. The smallest absolute Gasteiger partial charge is 0.169 e. The average Bonchev–Trinajstić information content (AvgIpc) is 2.31. The normalized spacial score (nSPS) is 14.3. The Morgan fingerprint density at radius 3 is 2.78 bits per heavy atom. The van der Waals surface area contributed by atoms with Crippen molar-refractivity contribution in [1.29, 1.82) is 0 Å². The number of nitrogens with two attached hydrogens (primary N) is 1. The number of nitrogens with one attached hydrogen (secondary N) is 1. The second kappa shape index (κ2) is 6.59. The third-order valence-corrected chi connectivity index (χ3v) is 3.03. The van der Waals surface area contributed by atoms with Crippen molar-refractivity contribution < 1.29 is 4.74 Å². The Morgan fingerprint density at radius 2 is 2.22 bits per heavy atom. The number of rotatable bonds is 7. The van der Waals surface area contributed by atoms with Gasteiger partial charge in [0.2, 0.25) is 0 Å². The Kier molecular flexibility index (Phi) is 5.41. The molecule has 0 saturated heterocycles. The van der Waals surface area contributed by atoms with Crippen LogP contribution in [0.25, 0.3) is 0 Å². The molecule has 0 saturated carbocycles. The van der Waals surface area contributed by atoms with Crippen molar-refractivity contribution in [3.8, 4) is 5.75 Å². The molecule has 0 radical (unpaired) electrons. The molecule has 0 aliphatic carbocycles. The fourth-order valence-electron chi connectivity index (χ4n) is 1.77. The minimum absolute atomic E-state index is 0.0435. The van der Waals surface area contributed by atoms with Gasteiger partial charge < -0.3 is 15.8 Å². The van der Waals surface area contributed by atoms with E-state index >= 15 is 0 Å². The summed E-state index contributed by atoms with van der Waals surface area (Å²) in [4.78, 5) is 4.37. The highest BCUT2D eigenvalue weighted by atomic mass is 16.5. The Balaban J connectivity index is 2.88. The maximum Gasteiger partial charge on any atom is 0.169 e. The average molecular weight is 251 g/mol. The van der Waals surface area contributed by atoms with Crippen LogP contribution in [0.15, 0.2) is 18.3 Å². The molecule has 18 heavy (non-hydrogen) atoms. The molecule has 0 amide bonds. The molecule has 0 spiro atoms. The number of hydrogen-bond donors (Lipinski definition) is 2. The van der Waals surface area contributed by atoms with Gasteiger partial charge in [-0.3, -0.25) is 0 Å². The van der Waals surface area contributed by atoms with Crippen LogP contribution in [-0.2, 0) is 0 Å². The number of nitrogens with zero attached hydrogens (tertiary/aromatic N) is 1. The molecule has 1 rings (SSSR count). The summed E-state index contributed by atoms with van der Waals surface area (Å²) in [7, 11) is 0. The van der Waals surface area contributed by atoms with E-state index in [1.54, 1.807) is 6.20 Å². The Hall–Kier alpha value is -1.29. The summed E-state index contributed by atoms with van der Waals surface area (Å²) in [6.45, 7) is 8.98. The first-order valence-corrected chi connectivity index (χ1v) is 6.60. The van der Waals surface area contributed by atoms with Crippen LogP contribution in [0.2, 0.25) is 0 Å². The highest BCUT2D eigenvalue weighted by molar-refractivity contribution is 5.51. The van der Waals surface area contributed by atoms with Gasteiger partial charge in [-0.25, -0.2) is 4.98 Å². The zero-order valence-electron chi connectivity index (χ0n) is 11.9. The maximum atomic E-state index is 5.76.